The molecule has 4 nitrogen and oxygen atoms in total. The Hall–Kier alpha value is 1.58. The van der Waals surface area contributed by atoms with Gasteiger partial charge in [0.1, 0.15) is 0 Å². The zero-order valence-electron chi connectivity index (χ0n) is 65.2. The van der Waals surface area contributed by atoms with E-state index in [-0.39, 0.29) is 21.1 Å². The minimum absolute atomic E-state index is 0.149. The molecule has 0 aromatic heterocycles. The van der Waals surface area contributed by atoms with Gasteiger partial charge in [-0.25, -0.2) is 0 Å². The number of hydrogen-bond donors (Lipinski definition) is 0. The summed E-state index contributed by atoms with van der Waals surface area (Å²) < 4.78 is 43.9. The molecule has 530 valence electrons. The molecule has 0 saturated carbocycles. The topological polar surface area (TPSA) is 36.9 Å². The van der Waals surface area contributed by atoms with Crippen molar-refractivity contribution < 1.29 is 17.7 Å². The van der Waals surface area contributed by atoms with E-state index in [0.717, 1.165) is 0 Å². The summed E-state index contributed by atoms with van der Waals surface area (Å²) in [5, 5.41) is 0. The quantitative estimate of drug-likeness (QED) is 0.0326. The van der Waals surface area contributed by atoms with Crippen LogP contribution < -0.4 is 0 Å². The molecule has 93 heavy (non-hydrogen) atoms. The Balaban J connectivity index is 0.00000116. The summed E-state index contributed by atoms with van der Waals surface area (Å²) in [4.78, 5) is 0. The van der Waals surface area contributed by atoms with Gasteiger partial charge >= 0.3 is 632 Å². The normalized spacial score (nSPS) is 13.3. The standard InChI is InChI=1S/4C10H15OSi.10C4H9.5Sn/c4*1-12(2,3)11-9-10-7-5-4-6-8-10;10*1-3-4-2;;;;;/h4*4-9H,1-3H3;10*1,3-4H2,2H3;;;;;. The van der Waals surface area contributed by atoms with Crippen molar-refractivity contribution in [3.8, 4) is 0 Å². The van der Waals surface area contributed by atoms with Gasteiger partial charge in [0, 0.05) is 0 Å². The Labute approximate surface area is 624 Å². The van der Waals surface area contributed by atoms with Gasteiger partial charge < -0.3 is 0 Å². The van der Waals surface area contributed by atoms with Crippen LogP contribution in [-0.2, 0) is 17.7 Å². The van der Waals surface area contributed by atoms with Gasteiger partial charge in [-0.2, -0.15) is 0 Å². The average molecular weight is 1880 g/mol. The number of unbranched alkanes of at least 4 members (excludes halogenated alkanes) is 10. The molecule has 0 bridgehead atoms. The second-order valence-electron chi connectivity index (χ2n) is 30.0. The molecule has 0 saturated heterocycles. The fraction of sp³-hybridized carbons (Fsp3) is 0.700. The van der Waals surface area contributed by atoms with Gasteiger partial charge in [-0.3, -0.25) is 0 Å². The van der Waals surface area contributed by atoms with Crippen LogP contribution in [-0.4, -0.2) is 133 Å². The van der Waals surface area contributed by atoms with Gasteiger partial charge in [-0.15, -0.1) is 0 Å². The summed E-state index contributed by atoms with van der Waals surface area (Å²) in [6.07, 6.45) is 27.6. The molecule has 4 atom stereocenters. The van der Waals surface area contributed by atoms with Crippen molar-refractivity contribution in [3.05, 3.63) is 144 Å². The summed E-state index contributed by atoms with van der Waals surface area (Å²) in [5.74, 6) is 0. The summed E-state index contributed by atoms with van der Waals surface area (Å²) in [6, 6.07) is 44.3. The molecule has 0 aliphatic rings. The molecule has 4 aromatic rings. The van der Waals surface area contributed by atoms with Crippen molar-refractivity contribution in [3.63, 3.8) is 0 Å². The molecule has 4 rings (SSSR count). The Morgan fingerprint density at radius 1 is 0.247 bits per heavy atom. The van der Waals surface area contributed by atoms with Crippen molar-refractivity contribution in [2.24, 2.45) is 0 Å². The van der Waals surface area contributed by atoms with E-state index in [0.29, 0.717) is 16.5 Å². The molecule has 0 heterocycles. The molecule has 0 spiro atoms. The molecule has 0 fully saturated rings. The second-order valence-corrected chi connectivity index (χ2v) is 84.6. The molecular weight excluding hydrogens is 1730 g/mol. The van der Waals surface area contributed by atoms with Crippen molar-refractivity contribution in [1.82, 2.24) is 0 Å². The summed E-state index contributed by atoms with van der Waals surface area (Å²) in [5.41, 5.74) is 5.84. The summed E-state index contributed by atoms with van der Waals surface area (Å²) >= 11 is -6.04. The van der Waals surface area contributed by atoms with E-state index >= 15 is 0 Å². The van der Waals surface area contributed by atoms with Crippen LogP contribution in [0.15, 0.2) is 121 Å². The average Bonchev–Trinajstić information content (AvgIpc) is 1.06. The van der Waals surface area contributed by atoms with Crippen LogP contribution in [0.4, 0.5) is 0 Å². The third-order valence-corrected chi connectivity index (χ3v) is 62.9. The first kappa shape index (κ1) is 94.6. The van der Waals surface area contributed by atoms with Gasteiger partial charge in [-0.05, 0) is 0 Å². The van der Waals surface area contributed by atoms with Gasteiger partial charge in [0.2, 0.25) is 0 Å². The van der Waals surface area contributed by atoms with Gasteiger partial charge in [0.25, 0.3) is 0 Å². The molecule has 4 unspecified atom stereocenters. The Morgan fingerprint density at radius 3 is 0.527 bits per heavy atom. The van der Waals surface area contributed by atoms with E-state index < -0.39 is 112 Å². The van der Waals surface area contributed by atoms with Crippen LogP contribution in [0.25, 0.3) is 0 Å². The van der Waals surface area contributed by atoms with Gasteiger partial charge in [0.05, 0.1) is 0 Å². The number of hydrogen-bond acceptors (Lipinski definition) is 4. The minimum atomic E-state index is -1.55. The zero-order chi connectivity index (χ0) is 69.8. The van der Waals surface area contributed by atoms with Crippen molar-refractivity contribution in [1.29, 1.82) is 0 Å². The van der Waals surface area contributed by atoms with E-state index in [1.54, 1.807) is 8.87 Å². The van der Waals surface area contributed by atoms with E-state index in [4.69, 9.17) is 17.7 Å². The predicted octanol–water partition coefficient (Wildman–Crippen LogP) is 28.0. The monoisotopic (exact) mass is 1890 g/mol. The zero-order valence-corrected chi connectivity index (χ0v) is 83.5. The Morgan fingerprint density at radius 2 is 0.398 bits per heavy atom. The molecule has 0 aliphatic carbocycles. The van der Waals surface area contributed by atoms with Crippen molar-refractivity contribution in [2.75, 3.05) is 0 Å². The van der Waals surface area contributed by atoms with Crippen LogP contribution >= 0.6 is 0 Å². The summed E-state index contributed by atoms with van der Waals surface area (Å²) in [7, 11) is -5.98. The molecule has 13 heteroatoms. The van der Waals surface area contributed by atoms with Crippen molar-refractivity contribution >= 4 is 133 Å². The maximum absolute atomic E-state index is 6.71. The maximum atomic E-state index is 6.71. The van der Waals surface area contributed by atoms with E-state index in [2.05, 4.69) is 269 Å². The number of rotatable bonds is 46. The van der Waals surface area contributed by atoms with Crippen LogP contribution in [0, 0.1) is 0 Å². The molecule has 0 amide bonds. The molecule has 4 aromatic carbocycles. The fourth-order valence-corrected chi connectivity index (χ4v) is 71.9. The van der Waals surface area contributed by atoms with E-state index in [1.807, 2.05) is 0 Å². The van der Waals surface area contributed by atoms with Crippen LogP contribution in [0.5, 0.6) is 0 Å². The first-order chi connectivity index (χ1) is 44.3. The van der Waals surface area contributed by atoms with Gasteiger partial charge in [-0.1, -0.05) is 0 Å². The molecule has 6 radical (unpaired) electrons. The first-order valence-electron chi connectivity index (χ1n) is 38.3. The third kappa shape index (κ3) is 51.4. The van der Waals surface area contributed by atoms with Crippen molar-refractivity contribution in [2.45, 2.75) is 337 Å². The number of benzene rings is 4. The molecule has 0 N–H and O–H groups in total. The predicted molar refractivity (Wildman–Crippen MR) is 440 cm³/mol. The van der Waals surface area contributed by atoms with E-state index in [9.17, 15) is 0 Å². The van der Waals surface area contributed by atoms with Crippen LogP contribution in [0.1, 0.15) is 236 Å². The van der Waals surface area contributed by atoms with Crippen LogP contribution in [0.3, 0.4) is 0 Å². The summed E-state index contributed by atoms with van der Waals surface area (Å²) in [6.45, 7) is 51.2. The second kappa shape index (κ2) is 59.0. The SMILES string of the molecule is CCC[CH2][Sn]([CH2]CCC)[CH](O[Si](C)(C)C)c1ccccc1.CCC[CH2][Sn]([CH2]CCC)[CH](O[Si](C)(C)C)c1ccccc1.CCC[CH2][Sn]([CH2]CCC)[CH](O[Si](C)(C)C)c1ccccc1.CCC[CH2][Sn]([CH2]CCC)[CH](O[Si](C)(C)C)c1ccccc1.CCC[CH2][Sn][CH2]CCC. The fourth-order valence-electron chi connectivity index (χ4n) is 11.0. The third-order valence-electron chi connectivity index (χ3n) is 16.0. The Kier molecular flexibility index (Phi) is 60.0. The first-order valence-corrected chi connectivity index (χ1v) is 78.7. The van der Waals surface area contributed by atoms with E-state index in [1.165, 1.54) is 186 Å². The molecular formula is C80H150O4Si4Sn5. The Bertz CT molecular complexity index is 1890. The van der Waals surface area contributed by atoms with Gasteiger partial charge in [0.15, 0.2) is 0 Å². The van der Waals surface area contributed by atoms with Crippen LogP contribution in [0.2, 0.25) is 123 Å². The molecule has 0 aliphatic heterocycles.